The molecule has 78 valence electrons. The van der Waals surface area contributed by atoms with Gasteiger partial charge in [0.1, 0.15) is 11.6 Å². The molecule has 0 atom stereocenters. The SMILES string of the molecule is CNCc1nc(-c2ccc(F)cc2)n[nH]1. The summed E-state index contributed by atoms with van der Waals surface area (Å²) >= 11 is 0. The second-order valence-corrected chi connectivity index (χ2v) is 3.14. The number of benzene rings is 1. The zero-order valence-electron chi connectivity index (χ0n) is 8.29. The van der Waals surface area contributed by atoms with E-state index >= 15 is 0 Å². The van der Waals surface area contributed by atoms with E-state index in [1.807, 2.05) is 7.05 Å². The third-order valence-corrected chi connectivity index (χ3v) is 1.98. The fourth-order valence-corrected chi connectivity index (χ4v) is 1.27. The van der Waals surface area contributed by atoms with E-state index in [1.165, 1.54) is 12.1 Å². The Bertz CT molecular complexity index is 435. The average molecular weight is 206 g/mol. The Morgan fingerprint density at radius 2 is 2.07 bits per heavy atom. The highest BCUT2D eigenvalue weighted by Gasteiger charge is 2.04. The summed E-state index contributed by atoms with van der Waals surface area (Å²) in [6, 6.07) is 6.09. The minimum absolute atomic E-state index is 0.260. The lowest BCUT2D eigenvalue weighted by Crippen LogP contribution is -2.06. The van der Waals surface area contributed by atoms with E-state index in [2.05, 4.69) is 20.5 Å². The third-order valence-electron chi connectivity index (χ3n) is 1.98. The van der Waals surface area contributed by atoms with Crippen LogP contribution in [0.3, 0.4) is 0 Å². The monoisotopic (exact) mass is 206 g/mol. The molecule has 2 N–H and O–H groups in total. The molecular formula is C10H11FN4. The van der Waals surface area contributed by atoms with E-state index in [0.29, 0.717) is 12.4 Å². The van der Waals surface area contributed by atoms with E-state index in [9.17, 15) is 4.39 Å². The first-order valence-electron chi connectivity index (χ1n) is 4.61. The number of aromatic nitrogens is 3. The van der Waals surface area contributed by atoms with Gasteiger partial charge in [0.05, 0.1) is 6.54 Å². The number of nitrogens with one attached hydrogen (secondary N) is 2. The van der Waals surface area contributed by atoms with Crippen LogP contribution in [0.15, 0.2) is 24.3 Å². The highest BCUT2D eigenvalue weighted by atomic mass is 19.1. The molecule has 0 unspecified atom stereocenters. The first kappa shape index (κ1) is 9.79. The van der Waals surface area contributed by atoms with E-state index in [4.69, 9.17) is 0 Å². The van der Waals surface area contributed by atoms with Gasteiger partial charge < -0.3 is 5.32 Å². The first-order valence-corrected chi connectivity index (χ1v) is 4.61. The zero-order chi connectivity index (χ0) is 10.7. The van der Waals surface area contributed by atoms with E-state index in [1.54, 1.807) is 12.1 Å². The van der Waals surface area contributed by atoms with Gasteiger partial charge in [-0.2, -0.15) is 5.10 Å². The number of hydrogen-bond acceptors (Lipinski definition) is 3. The second-order valence-electron chi connectivity index (χ2n) is 3.14. The van der Waals surface area contributed by atoms with Crippen LogP contribution in [0.1, 0.15) is 5.82 Å². The van der Waals surface area contributed by atoms with Crippen molar-refractivity contribution in [1.82, 2.24) is 20.5 Å². The minimum Gasteiger partial charge on any atom is -0.313 e. The molecule has 1 heterocycles. The third kappa shape index (κ3) is 2.19. The summed E-state index contributed by atoms with van der Waals surface area (Å²) in [7, 11) is 1.83. The highest BCUT2D eigenvalue weighted by Crippen LogP contribution is 2.14. The molecule has 4 nitrogen and oxygen atoms in total. The van der Waals surface area contributed by atoms with Gasteiger partial charge in [-0.1, -0.05) is 0 Å². The van der Waals surface area contributed by atoms with Crippen LogP contribution in [0.2, 0.25) is 0 Å². The maximum absolute atomic E-state index is 12.7. The first-order chi connectivity index (χ1) is 7.29. The summed E-state index contributed by atoms with van der Waals surface area (Å²) in [6.07, 6.45) is 0. The standard InChI is InChI=1S/C10H11FN4/c1-12-6-9-13-10(15-14-9)7-2-4-8(11)5-3-7/h2-5,12H,6H2,1H3,(H,13,14,15). The Morgan fingerprint density at radius 3 is 2.73 bits per heavy atom. The second kappa shape index (κ2) is 4.18. The van der Waals surface area contributed by atoms with Crippen LogP contribution in [0.5, 0.6) is 0 Å². The van der Waals surface area contributed by atoms with Crippen molar-refractivity contribution in [2.24, 2.45) is 0 Å². The summed E-state index contributed by atoms with van der Waals surface area (Å²) < 4.78 is 12.7. The summed E-state index contributed by atoms with van der Waals surface area (Å²) in [5.74, 6) is 1.09. The topological polar surface area (TPSA) is 53.6 Å². The molecule has 2 aromatic rings. The van der Waals surface area contributed by atoms with Crippen LogP contribution in [0.25, 0.3) is 11.4 Å². The molecule has 2 rings (SSSR count). The van der Waals surface area contributed by atoms with Crippen molar-refractivity contribution in [3.8, 4) is 11.4 Å². The molecule has 0 fully saturated rings. The fraction of sp³-hybridized carbons (Fsp3) is 0.200. The van der Waals surface area contributed by atoms with Crippen LogP contribution >= 0.6 is 0 Å². The molecule has 0 amide bonds. The van der Waals surface area contributed by atoms with Crippen molar-refractivity contribution >= 4 is 0 Å². The van der Waals surface area contributed by atoms with Crippen LogP contribution in [0, 0.1) is 5.82 Å². The summed E-state index contributed by atoms with van der Waals surface area (Å²) in [4.78, 5) is 4.25. The summed E-state index contributed by atoms with van der Waals surface area (Å²) in [5, 5.41) is 9.80. The molecule has 0 spiro atoms. The van der Waals surface area contributed by atoms with Gasteiger partial charge in [0.25, 0.3) is 0 Å². The smallest absolute Gasteiger partial charge is 0.181 e. The molecule has 0 aliphatic rings. The molecule has 5 heteroatoms. The van der Waals surface area contributed by atoms with Crippen molar-refractivity contribution in [1.29, 1.82) is 0 Å². The summed E-state index contributed by atoms with van der Waals surface area (Å²) in [6.45, 7) is 0.633. The largest absolute Gasteiger partial charge is 0.313 e. The Balaban J connectivity index is 2.25. The van der Waals surface area contributed by atoms with Gasteiger partial charge in [0, 0.05) is 5.56 Å². The maximum atomic E-state index is 12.7. The van der Waals surface area contributed by atoms with Crippen molar-refractivity contribution in [2.75, 3.05) is 7.05 Å². The quantitative estimate of drug-likeness (QED) is 0.796. The number of halogens is 1. The minimum atomic E-state index is -0.260. The Morgan fingerprint density at radius 1 is 1.33 bits per heavy atom. The van der Waals surface area contributed by atoms with Crippen molar-refractivity contribution in [3.63, 3.8) is 0 Å². The molecule has 0 bridgehead atoms. The Kier molecular flexibility index (Phi) is 2.73. The van der Waals surface area contributed by atoms with Crippen LogP contribution in [-0.4, -0.2) is 22.2 Å². The lowest BCUT2D eigenvalue weighted by Gasteiger charge is -1.93. The van der Waals surface area contributed by atoms with E-state index < -0.39 is 0 Å². The van der Waals surface area contributed by atoms with Gasteiger partial charge >= 0.3 is 0 Å². The number of aromatic amines is 1. The van der Waals surface area contributed by atoms with Gasteiger partial charge in [-0.15, -0.1) is 0 Å². The maximum Gasteiger partial charge on any atom is 0.181 e. The Labute approximate surface area is 86.6 Å². The molecule has 0 aliphatic heterocycles. The molecular weight excluding hydrogens is 195 g/mol. The van der Waals surface area contributed by atoms with Gasteiger partial charge in [-0.05, 0) is 31.3 Å². The number of rotatable bonds is 3. The number of nitrogens with zero attached hydrogens (tertiary/aromatic N) is 2. The van der Waals surface area contributed by atoms with Crippen LogP contribution in [-0.2, 0) is 6.54 Å². The highest BCUT2D eigenvalue weighted by molar-refractivity contribution is 5.53. The van der Waals surface area contributed by atoms with Crippen molar-refractivity contribution in [2.45, 2.75) is 6.54 Å². The average Bonchev–Trinajstić information content (AvgIpc) is 2.68. The molecule has 0 saturated carbocycles. The van der Waals surface area contributed by atoms with Crippen molar-refractivity contribution in [3.05, 3.63) is 35.9 Å². The fourth-order valence-electron chi connectivity index (χ4n) is 1.27. The predicted octanol–water partition coefficient (Wildman–Crippen LogP) is 1.33. The molecule has 1 aromatic heterocycles. The van der Waals surface area contributed by atoms with Gasteiger partial charge in [-0.25, -0.2) is 9.37 Å². The van der Waals surface area contributed by atoms with Crippen LogP contribution in [0.4, 0.5) is 4.39 Å². The lowest BCUT2D eigenvalue weighted by atomic mass is 10.2. The molecule has 0 aliphatic carbocycles. The Hall–Kier alpha value is -1.75. The summed E-state index contributed by atoms with van der Waals surface area (Å²) in [5.41, 5.74) is 0.801. The number of H-pyrrole nitrogens is 1. The van der Waals surface area contributed by atoms with E-state index in [0.717, 1.165) is 11.4 Å². The molecule has 0 saturated heterocycles. The van der Waals surface area contributed by atoms with E-state index in [-0.39, 0.29) is 5.82 Å². The van der Waals surface area contributed by atoms with Gasteiger partial charge in [-0.3, -0.25) is 5.10 Å². The number of hydrogen-bond donors (Lipinski definition) is 2. The molecule has 15 heavy (non-hydrogen) atoms. The molecule has 0 radical (unpaired) electrons. The zero-order valence-corrected chi connectivity index (χ0v) is 8.29. The predicted molar refractivity (Wildman–Crippen MR) is 54.5 cm³/mol. The normalized spacial score (nSPS) is 10.5. The van der Waals surface area contributed by atoms with Gasteiger partial charge in [0.15, 0.2) is 5.82 Å². The van der Waals surface area contributed by atoms with Gasteiger partial charge in [0.2, 0.25) is 0 Å². The van der Waals surface area contributed by atoms with Crippen molar-refractivity contribution < 1.29 is 4.39 Å². The molecule has 1 aromatic carbocycles. The lowest BCUT2D eigenvalue weighted by molar-refractivity contribution is 0.628. The van der Waals surface area contributed by atoms with Crippen LogP contribution < -0.4 is 5.32 Å².